The number of aryl methyl sites for hydroxylation is 1. The lowest BCUT2D eigenvalue weighted by Gasteiger charge is -2.43. The summed E-state index contributed by atoms with van der Waals surface area (Å²) in [5.41, 5.74) is 2.00. The molecule has 2 saturated heterocycles. The van der Waals surface area contributed by atoms with E-state index in [4.69, 9.17) is 4.74 Å². The molecule has 28 heavy (non-hydrogen) atoms. The topological polar surface area (TPSA) is 49.9 Å². The lowest BCUT2D eigenvalue weighted by Crippen LogP contribution is -2.57. The van der Waals surface area contributed by atoms with Crippen LogP contribution < -0.4 is 0 Å². The van der Waals surface area contributed by atoms with E-state index in [2.05, 4.69) is 31.2 Å². The van der Waals surface area contributed by atoms with Crippen molar-refractivity contribution in [1.29, 1.82) is 0 Å². The second kappa shape index (κ2) is 8.24. The molecule has 1 aromatic rings. The Morgan fingerprint density at radius 3 is 2.36 bits per heavy atom. The maximum Gasteiger partial charge on any atom is 0.251 e. The van der Waals surface area contributed by atoms with Gasteiger partial charge in [-0.15, -0.1) is 0 Å². The van der Waals surface area contributed by atoms with Gasteiger partial charge in [-0.1, -0.05) is 49.1 Å². The number of carbonyl (C=O) groups excluding carboxylic acids is 2. The molecular weight excluding hydrogens is 352 g/mol. The van der Waals surface area contributed by atoms with E-state index in [1.165, 1.54) is 17.5 Å². The van der Waals surface area contributed by atoms with Gasteiger partial charge in [0, 0.05) is 32.8 Å². The minimum atomic E-state index is -0.384. The molecule has 2 amide bonds. The minimum Gasteiger partial charge on any atom is -0.368 e. The van der Waals surface area contributed by atoms with Crippen LogP contribution in [-0.4, -0.2) is 60.5 Å². The average Bonchev–Trinajstić information content (AvgIpc) is 3.28. The first-order chi connectivity index (χ1) is 13.6. The third kappa shape index (κ3) is 3.69. The van der Waals surface area contributed by atoms with Crippen LogP contribution in [0.1, 0.15) is 56.1 Å². The molecule has 2 aliphatic heterocycles. The Morgan fingerprint density at radius 1 is 1.00 bits per heavy atom. The van der Waals surface area contributed by atoms with Crippen LogP contribution in [0.2, 0.25) is 0 Å². The van der Waals surface area contributed by atoms with Crippen LogP contribution in [0.25, 0.3) is 0 Å². The fraction of sp³-hybridized carbons (Fsp3) is 0.652. The molecule has 3 fully saturated rings. The molecule has 2 heterocycles. The van der Waals surface area contributed by atoms with E-state index in [9.17, 15) is 9.59 Å². The smallest absolute Gasteiger partial charge is 0.251 e. The van der Waals surface area contributed by atoms with E-state index in [-0.39, 0.29) is 23.3 Å². The van der Waals surface area contributed by atoms with E-state index in [0.29, 0.717) is 32.8 Å². The first-order valence-corrected chi connectivity index (χ1v) is 10.9. The highest BCUT2D eigenvalue weighted by Crippen LogP contribution is 2.41. The zero-order valence-electron chi connectivity index (χ0n) is 17.0. The number of carbonyl (C=O) groups is 2. The molecule has 152 valence electrons. The van der Waals surface area contributed by atoms with Gasteiger partial charge in [-0.3, -0.25) is 9.59 Å². The molecule has 0 spiro atoms. The van der Waals surface area contributed by atoms with Crippen molar-refractivity contribution in [2.75, 3.05) is 32.8 Å². The standard InChI is InChI=1S/C23H32N2O3/c1-18-7-5-8-19(17-18)23(10-3-2-4-11-23)22(27)25-14-12-24(13-15-25)21(26)20-9-6-16-28-20/h5,7-8,17,20H,2-4,6,9-16H2,1H3. The molecular formula is C23H32N2O3. The number of nitrogens with zero attached hydrogens (tertiary/aromatic N) is 2. The van der Waals surface area contributed by atoms with Crippen molar-refractivity contribution in [2.45, 2.75) is 63.4 Å². The van der Waals surface area contributed by atoms with Crippen LogP contribution in [-0.2, 0) is 19.7 Å². The Labute approximate surface area is 168 Å². The molecule has 1 saturated carbocycles. The van der Waals surface area contributed by atoms with Crippen molar-refractivity contribution in [3.63, 3.8) is 0 Å². The molecule has 0 bridgehead atoms. The van der Waals surface area contributed by atoms with Crippen LogP contribution in [0.4, 0.5) is 0 Å². The summed E-state index contributed by atoms with van der Waals surface area (Å²) < 4.78 is 5.55. The van der Waals surface area contributed by atoms with Crippen LogP contribution in [0.5, 0.6) is 0 Å². The van der Waals surface area contributed by atoms with Crippen molar-refractivity contribution >= 4 is 11.8 Å². The molecule has 0 N–H and O–H groups in total. The van der Waals surface area contributed by atoms with Crippen molar-refractivity contribution in [3.05, 3.63) is 35.4 Å². The highest BCUT2D eigenvalue weighted by molar-refractivity contribution is 5.89. The van der Waals surface area contributed by atoms with Crippen LogP contribution in [0.15, 0.2) is 24.3 Å². The summed E-state index contributed by atoms with van der Waals surface area (Å²) in [6.45, 7) is 5.28. The van der Waals surface area contributed by atoms with E-state index < -0.39 is 0 Å². The predicted octanol–water partition coefficient (Wildman–Crippen LogP) is 3.05. The summed E-state index contributed by atoms with van der Waals surface area (Å²) in [6, 6.07) is 8.50. The summed E-state index contributed by atoms with van der Waals surface area (Å²) in [4.78, 5) is 30.2. The van der Waals surface area contributed by atoms with Crippen molar-refractivity contribution in [1.82, 2.24) is 9.80 Å². The maximum atomic E-state index is 13.7. The van der Waals surface area contributed by atoms with Gasteiger partial charge in [-0.05, 0) is 38.2 Å². The predicted molar refractivity (Wildman–Crippen MR) is 108 cm³/mol. The zero-order valence-corrected chi connectivity index (χ0v) is 17.0. The van der Waals surface area contributed by atoms with Gasteiger partial charge in [-0.2, -0.15) is 0 Å². The Morgan fingerprint density at radius 2 is 1.71 bits per heavy atom. The van der Waals surface area contributed by atoms with Crippen LogP contribution >= 0.6 is 0 Å². The zero-order chi connectivity index (χ0) is 19.6. The van der Waals surface area contributed by atoms with E-state index in [0.717, 1.165) is 38.5 Å². The fourth-order valence-electron chi connectivity index (χ4n) is 5.13. The summed E-state index contributed by atoms with van der Waals surface area (Å²) in [7, 11) is 0. The van der Waals surface area contributed by atoms with E-state index in [1.807, 2.05) is 9.80 Å². The summed E-state index contributed by atoms with van der Waals surface area (Å²) in [5.74, 6) is 0.373. The third-order valence-corrected chi connectivity index (χ3v) is 6.77. The van der Waals surface area contributed by atoms with Crippen LogP contribution in [0, 0.1) is 6.92 Å². The lowest BCUT2D eigenvalue weighted by atomic mass is 9.68. The monoisotopic (exact) mass is 384 g/mol. The molecule has 3 aliphatic rings. The van der Waals surface area contributed by atoms with Gasteiger partial charge in [0.05, 0.1) is 5.41 Å². The van der Waals surface area contributed by atoms with Gasteiger partial charge >= 0.3 is 0 Å². The van der Waals surface area contributed by atoms with Gasteiger partial charge in [0.25, 0.3) is 5.91 Å². The average molecular weight is 385 g/mol. The van der Waals surface area contributed by atoms with Gasteiger partial charge < -0.3 is 14.5 Å². The Hall–Kier alpha value is -1.88. The molecule has 1 atom stereocenters. The van der Waals surface area contributed by atoms with Crippen molar-refractivity contribution in [2.24, 2.45) is 0 Å². The highest BCUT2D eigenvalue weighted by atomic mass is 16.5. The van der Waals surface area contributed by atoms with Gasteiger partial charge in [-0.25, -0.2) is 0 Å². The second-order valence-electron chi connectivity index (χ2n) is 8.63. The van der Waals surface area contributed by atoms with Gasteiger partial charge in [0.1, 0.15) is 6.10 Å². The third-order valence-electron chi connectivity index (χ3n) is 6.77. The second-order valence-corrected chi connectivity index (χ2v) is 8.63. The minimum absolute atomic E-state index is 0.107. The number of benzene rings is 1. The first kappa shape index (κ1) is 19.4. The molecule has 1 unspecified atom stereocenters. The quantitative estimate of drug-likeness (QED) is 0.805. The molecule has 1 aromatic carbocycles. The normalized spacial score (nSPS) is 25.0. The Kier molecular flexibility index (Phi) is 5.72. The number of amides is 2. The molecule has 0 aromatic heterocycles. The number of hydrogen-bond acceptors (Lipinski definition) is 3. The maximum absolute atomic E-state index is 13.7. The summed E-state index contributed by atoms with van der Waals surface area (Å²) in [5, 5.41) is 0. The lowest BCUT2D eigenvalue weighted by molar-refractivity contribution is -0.148. The van der Waals surface area contributed by atoms with Gasteiger partial charge in [0.2, 0.25) is 5.91 Å². The van der Waals surface area contributed by atoms with Crippen molar-refractivity contribution < 1.29 is 14.3 Å². The number of ether oxygens (including phenoxy) is 1. The molecule has 0 radical (unpaired) electrons. The van der Waals surface area contributed by atoms with Crippen LogP contribution in [0.3, 0.4) is 0 Å². The van der Waals surface area contributed by atoms with E-state index >= 15 is 0 Å². The SMILES string of the molecule is Cc1cccc(C2(C(=O)N3CCN(C(=O)C4CCCO4)CC3)CCCCC2)c1. The van der Waals surface area contributed by atoms with Crippen molar-refractivity contribution in [3.8, 4) is 0 Å². The number of rotatable bonds is 3. The fourth-order valence-corrected chi connectivity index (χ4v) is 5.13. The number of piperazine rings is 1. The molecule has 5 heteroatoms. The molecule has 4 rings (SSSR count). The largest absolute Gasteiger partial charge is 0.368 e. The molecule has 5 nitrogen and oxygen atoms in total. The number of hydrogen-bond donors (Lipinski definition) is 0. The van der Waals surface area contributed by atoms with E-state index in [1.54, 1.807) is 0 Å². The summed E-state index contributed by atoms with van der Waals surface area (Å²) >= 11 is 0. The highest BCUT2D eigenvalue weighted by Gasteiger charge is 2.44. The molecule has 1 aliphatic carbocycles. The Bertz CT molecular complexity index is 712. The Balaban J connectivity index is 1.47. The first-order valence-electron chi connectivity index (χ1n) is 10.9. The van der Waals surface area contributed by atoms with Gasteiger partial charge in [0.15, 0.2) is 0 Å². The summed E-state index contributed by atoms with van der Waals surface area (Å²) in [6.07, 6.45) is 6.83.